The maximum absolute atomic E-state index is 11.3. The number of fused-ring (bicyclic) bond motifs is 1. The number of amides is 1. The van der Waals surface area contributed by atoms with Gasteiger partial charge < -0.3 is 9.88 Å². The van der Waals surface area contributed by atoms with Gasteiger partial charge in [-0.3, -0.25) is 4.79 Å². The van der Waals surface area contributed by atoms with E-state index in [2.05, 4.69) is 10.3 Å². The highest BCUT2D eigenvalue weighted by atomic mass is 35.5. The first-order valence-corrected chi connectivity index (χ1v) is 6.42. The maximum atomic E-state index is 11.3. The van der Waals surface area contributed by atoms with E-state index in [1.54, 1.807) is 7.05 Å². The summed E-state index contributed by atoms with van der Waals surface area (Å²) in [5.41, 5.74) is 3.15. The molecule has 2 rings (SSSR count). The van der Waals surface area contributed by atoms with Crippen molar-refractivity contribution in [2.75, 3.05) is 7.05 Å². The van der Waals surface area contributed by atoms with E-state index in [1.165, 1.54) is 0 Å². The monoisotopic (exact) mass is 265 g/mol. The number of alkyl halides is 1. The number of carbonyl (C=O) groups is 1. The van der Waals surface area contributed by atoms with Gasteiger partial charge in [-0.15, -0.1) is 11.6 Å². The first-order valence-electron chi connectivity index (χ1n) is 5.88. The third kappa shape index (κ3) is 2.34. The molecule has 1 N–H and O–H groups in total. The van der Waals surface area contributed by atoms with Crippen molar-refractivity contribution >= 4 is 28.5 Å². The molecule has 0 unspecified atom stereocenters. The number of carbonyl (C=O) groups excluding carboxylic acids is 1. The van der Waals surface area contributed by atoms with Crippen LogP contribution in [0.1, 0.15) is 17.8 Å². The number of hydrogen-bond donors (Lipinski definition) is 1. The SMILES string of the molecule is CNC(=O)CCn1c(CCl)nc2cccc(C)c21. The lowest BCUT2D eigenvalue weighted by atomic mass is 10.2. The molecule has 0 aliphatic heterocycles. The molecule has 1 heterocycles. The number of nitrogens with one attached hydrogen (secondary N) is 1. The number of halogens is 1. The summed E-state index contributed by atoms with van der Waals surface area (Å²) in [6.07, 6.45) is 0.431. The van der Waals surface area contributed by atoms with Crippen LogP contribution in [-0.2, 0) is 17.2 Å². The van der Waals surface area contributed by atoms with Crippen molar-refractivity contribution in [3.05, 3.63) is 29.6 Å². The number of aryl methyl sites for hydroxylation is 2. The molecule has 1 amide bonds. The fourth-order valence-electron chi connectivity index (χ4n) is 2.09. The molecular formula is C13H16ClN3O. The summed E-state index contributed by atoms with van der Waals surface area (Å²) in [5.74, 6) is 1.18. The summed E-state index contributed by atoms with van der Waals surface area (Å²) in [6, 6.07) is 5.99. The molecule has 0 aliphatic carbocycles. The van der Waals surface area contributed by atoms with Gasteiger partial charge in [-0.2, -0.15) is 0 Å². The van der Waals surface area contributed by atoms with Crippen LogP contribution in [0.3, 0.4) is 0 Å². The average Bonchev–Trinajstić information content (AvgIpc) is 2.75. The van der Waals surface area contributed by atoms with Crippen molar-refractivity contribution in [1.82, 2.24) is 14.9 Å². The number of nitrogens with zero attached hydrogens (tertiary/aromatic N) is 2. The van der Waals surface area contributed by atoms with Gasteiger partial charge in [-0.25, -0.2) is 4.98 Å². The third-order valence-corrected chi connectivity index (χ3v) is 3.25. The van der Waals surface area contributed by atoms with Gasteiger partial charge in [0.15, 0.2) is 0 Å². The van der Waals surface area contributed by atoms with Gasteiger partial charge in [0.05, 0.1) is 16.9 Å². The van der Waals surface area contributed by atoms with E-state index in [9.17, 15) is 4.79 Å². The lowest BCUT2D eigenvalue weighted by molar-refractivity contribution is -0.120. The highest BCUT2D eigenvalue weighted by molar-refractivity contribution is 6.16. The Morgan fingerprint density at radius 3 is 2.94 bits per heavy atom. The number of aromatic nitrogens is 2. The Morgan fingerprint density at radius 1 is 1.50 bits per heavy atom. The lowest BCUT2D eigenvalue weighted by Gasteiger charge is -2.08. The summed E-state index contributed by atoms with van der Waals surface area (Å²) >= 11 is 5.92. The van der Waals surface area contributed by atoms with Crippen molar-refractivity contribution in [1.29, 1.82) is 0 Å². The van der Waals surface area contributed by atoms with Crippen molar-refractivity contribution in [2.24, 2.45) is 0 Å². The molecule has 0 saturated carbocycles. The number of benzene rings is 1. The second-order valence-corrected chi connectivity index (χ2v) is 4.45. The third-order valence-electron chi connectivity index (χ3n) is 3.01. The van der Waals surface area contributed by atoms with Crippen LogP contribution >= 0.6 is 11.6 Å². The van der Waals surface area contributed by atoms with E-state index in [0.29, 0.717) is 18.8 Å². The first kappa shape index (κ1) is 12.9. The van der Waals surface area contributed by atoms with Crippen LogP contribution < -0.4 is 5.32 Å². The number of imidazole rings is 1. The van der Waals surface area contributed by atoms with Crippen molar-refractivity contribution in [3.63, 3.8) is 0 Å². The fourth-order valence-corrected chi connectivity index (χ4v) is 2.30. The van der Waals surface area contributed by atoms with Crippen LogP contribution in [0.5, 0.6) is 0 Å². The molecule has 4 nitrogen and oxygen atoms in total. The van der Waals surface area contributed by atoms with Gasteiger partial charge in [0.2, 0.25) is 5.91 Å². The van der Waals surface area contributed by atoms with Crippen LogP contribution in [0.2, 0.25) is 0 Å². The topological polar surface area (TPSA) is 46.9 Å². The largest absolute Gasteiger partial charge is 0.359 e. The number of rotatable bonds is 4. The molecule has 18 heavy (non-hydrogen) atoms. The van der Waals surface area contributed by atoms with Crippen molar-refractivity contribution < 1.29 is 4.79 Å². The van der Waals surface area contributed by atoms with Crippen LogP contribution in [-0.4, -0.2) is 22.5 Å². The van der Waals surface area contributed by atoms with Crippen LogP contribution in [0.25, 0.3) is 11.0 Å². The predicted octanol–water partition coefficient (Wildman–Crippen LogP) is 2.22. The standard InChI is InChI=1S/C13H16ClN3O/c1-9-4-3-5-10-13(9)17(11(8-14)16-10)7-6-12(18)15-2/h3-5H,6-8H2,1-2H3,(H,15,18). The van der Waals surface area contributed by atoms with Crippen LogP contribution in [0.4, 0.5) is 0 Å². The molecule has 96 valence electrons. The van der Waals surface area contributed by atoms with Crippen molar-refractivity contribution in [3.8, 4) is 0 Å². The van der Waals surface area contributed by atoms with E-state index in [4.69, 9.17) is 11.6 Å². The average molecular weight is 266 g/mol. The molecule has 0 saturated heterocycles. The summed E-state index contributed by atoms with van der Waals surface area (Å²) in [7, 11) is 1.64. The first-order chi connectivity index (χ1) is 8.67. The zero-order chi connectivity index (χ0) is 13.1. The molecule has 0 radical (unpaired) electrons. The summed E-state index contributed by atoms with van der Waals surface area (Å²) in [4.78, 5) is 15.8. The van der Waals surface area contributed by atoms with E-state index in [-0.39, 0.29) is 5.91 Å². The van der Waals surface area contributed by atoms with E-state index < -0.39 is 0 Å². The van der Waals surface area contributed by atoms with Gasteiger partial charge in [0, 0.05) is 20.0 Å². The number of hydrogen-bond acceptors (Lipinski definition) is 2. The normalized spacial score (nSPS) is 10.8. The second-order valence-electron chi connectivity index (χ2n) is 4.18. The Balaban J connectivity index is 2.43. The minimum absolute atomic E-state index is 0.0194. The smallest absolute Gasteiger partial charge is 0.221 e. The molecule has 0 spiro atoms. The van der Waals surface area contributed by atoms with E-state index in [1.807, 2.05) is 29.7 Å². The zero-order valence-electron chi connectivity index (χ0n) is 10.5. The fraction of sp³-hybridized carbons (Fsp3) is 0.385. The molecule has 2 aromatic rings. The van der Waals surface area contributed by atoms with E-state index >= 15 is 0 Å². The van der Waals surface area contributed by atoms with Crippen molar-refractivity contribution in [2.45, 2.75) is 25.8 Å². The Morgan fingerprint density at radius 2 is 2.28 bits per heavy atom. The molecule has 0 bridgehead atoms. The predicted molar refractivity (Wildman–Crippen MR) is 72.7 cm³/mol. The summed E-state index contributed by atoms with van der Waals surface area (Å²) in [5, 5.41) is 2.62. The molecule has 1 aromatic heterocycles. The van der Waals surface area contributed by atoms with Crippen LogP contribution in [0.15, 0.2) is 18.2 Å². The van der Waals surface area contributed by atoms with Gasteiger partial charge in [0.1, 0.15) is 5.82 Å². The Bertz CT molecular complexity index is 577. The molecular weight excluding hydrogens is 250 g/mol. The lowest BCUT2D eigenvalue weighted by Crippen LogP contribution is -2.20. The molecule has 0 aliphatic rings. The summed E-state index contributed by atoms with van der Waals surface area (Å²) < 4.78 is 2.03. The highest BCUT2D eigenvalue weighted by Crippen LogP contribution is 2.21. The Kier molecular flexibility index (Phi) is 3.87. The highest BCUT2D eigenvalue weighted by Gasteiger charge is 2.12. The van der Waals surface area contributed by atoms with Gasteiger partial charge >= 0.3 is 0 Å². The van der Waals surface area contributed by atoms with Gasteiger partial charge in [-0.05, 0) is 18.6 Å². The Hall–Kier alpha value is -1.55. The Labute approximate surface area is 111 Å². The number of para-hydroxylation sites is 1. The zero-order valence-corrected chi connectivity index (χ0v) is 11.3. The molecule has 0 fully saturated rings. The molecule has 0 atom stereocenters. The molecule has 1 aromatic carbocycles. The minimum Gasteiger partial charge on any atom is -0.359 e. The quantitative estimate of drug-likeness (QED) is 0.862. The van der Waals surface area contributed by atoms with Crippen LogP contribution in [0, 0.1) is 6.92 Å². The maximum Gasteiger partial charge on any atom is 0.221 e. The van der Waals surface area contributed by atoms with Gasteiger partial charge in [-0.1, -0.05) is 12.1 Å². The van der Waals surface area contributed by atoms with E-state index in [0.717, 1.165) is 22.4 Å². The van der Waals surface area contributed by atoms with Gasteiger partial charge in [0.25, 0.3) is 0 Å². The minimum atomic E-state index is 0.0194. The molecule has 5 heteroatoms. The summed E-state index contributed by atoms with van der Waals surface area (Å²) in [6.45, 7) is 2.64. The second kappa shape index (κ2) is 5.40.